The highest BCUT2D eigenvalue weighted by Gasteiger charge is 2.47. The van der Waals surface area contributed by atoms with Crippen molar-refractivity contribution < 1.29 is 73.8 Å². The predicted octanol–water partition coefficient (Wildman–Crippen LogP) is 6.14. The number of allylic oxidation sites excluding steroid dienone is 3. The summed E-state index contributed by atoms with van der Waals surface area (Å²) in [7, 11) is 0. The Bertz CT molecular complexity index is 1270. The van der Waals surface area contributed by atoms with Crippen LogP contribution in [0.2, 0.25) is 0 Å². The third-order valence-corrected chi connectivity index (χ3v) is 11.7. The number of hydrogen-bond acceptors (Lipinski definition) is 15. The van der Waals surface area contributed by atoms with Crippen molar-refractivity contribution in [2.24, 2.45) is 0 Å². The van der Waals surface area contributed by atoms with Gasteiger partial charge in [-0.15, -0.1) is 5.73 Å². The Balaban J connectivity index is 1.85. The molecule has 0 saturated carbocycles. The molecule has 0 bridgehead atoms. The highest BCUT2D eigenvalue weighted by atomic mass is 16.7. The molecule has 2 rings (SSSR count). The minimum Gasteiger partial charge on any atom is -0.462 e. The summed E-state index contributed by atoms with van der Waals surface area (Å²) in [6, 6.07) is 0. The fourth-order valence-corrected chi connectivity index (χ4v) is 7.54. The van der Waals surface area contributed by atoms with E-state index in [4.69, 9.17) is 28.4 Å². The van der Waals surface area contributed by atoms with Crippen molar-refractivity contribution >= 4 is 11.9 Å². The molecule has 0 aliphatic carbocycles. The molecule has 0 amide bonds. The molecule has 11 atom stereocenters. The number of ether oxygens (including phenoxy) is 6. The summed E-state index contributed by atoms with van der Waals surface area (Å²) >= 11 is 0. The molecule has 372 valence electrons. The molecule has 2 saturated heterocycles. The maximum absolute atomic E-state index is 13.0. The van der Waals surface area contributed by atoms with Gasteiger partial charge in [0.2, 0.25) is 0 Å². The Morgan fingerprint density at radius 1 is 0.531 bits per heavy atom. The number of aliphatic hydroxyl groups is 7. The number of unbranched alkanes of at least 4 members (excludes halogenated alkanes) is 19. The Morgan fingerprint density at radius 3 is 1.55 bits per heavy atom. The second-order valence-electron chi connectivity index (χ2n) is 17.4. The van der Waals surface area contributed by atoms with Crippen molar-refractivity contribution in [2.45, 2.75) is 242 Å². The molecule has 0 aromatic carbocycles. The van der Waals surface area contributed by atoms with Crippen molar-refractivity contribution in [3.63, 3.8) is 0 Å². The van der Waals surface area contributed by atoms with E-state index in [-0.39, 0.29) is 19.4 Å². The van der Waals surface area contributed by atoms with Crippen molar-refractivity contribution in [1.29, 1.82) is 0 Å². The van der Waals surface area contributed by atoms with Gasteiger partial charge in [-0.1, -0.05) is 109 Å². The third-order valence-electron chi connectivity index (χ3n) is 11.7. The molecule has 2 fully saturated rings. The lowest BCUT2D eigenvalue weighted by atomic mass is 9.98. The SMILES string of the molecule is CCCCCC/C=C/CCCCCCCC(=O)OC[C@H](CO[C@@H]1O[C@H](CO[C@@H]2O[C@H](CO)[C@H](O)C(O)C2O)[C@H](O)C(O)C1O)OC(=O)CCCCCCCC=C=CCCCCCCC. The van der Waals surface area contributed by atoms with Crippen LogP contribution in [0.4, 0.5) is 0 Å². The lowest BCUT2D eigenvalue weighted by Crippen LogP contribution is -2.61. The van der Waals surface area contributed by atoms with Gasteiger partial charge >= 0.3 is 11.9 Å². The summed E-state index contributed by atoms with van der Waals surface area (Å²) in [4.78, 5) is 25.7. The second kappa shape index (κ2) is 36.8. The Labute approximate surface area is 383 Å². The fourth-order valence-electron chi connectivity index (χ4n) is 7.54. The maximum Gasteiger partial charge on any atom is 0.306 e. The molecule has 2 heterocycles. The lowest BCUT2D eigenvalue weighted by Gasteiger charge is -2.42. The lowest BCUT2D eigenvalue weighted by molar-refractivity contribution is -0.332. The Morgan fingerprint density at radius 2 is 0.984 bits per heavy atom. The number of hydrogen-bond donors (Lipinski definition) is 7. The molecule has 4 unspecified atom stereocenters. The van der Waals surface area contributed by atoms with Crippen LogP contribution in [0.1, 0.15) is 174 Å². The molecular weight excluding hydrogens is 829 g/mol. The van der Waals surface area contributed by atoms with Gasteiger partial charge in [-0.25, -0.2) is 0 Å². The van der Waals surface area contributed by atoms with Crippen LogP contribution in [0.5, 0.6) is 0 Å². The van der Waals surface area contributed by atoms with Crippen molar-refractivity contribution in [1.82, 2.24) is 0 Å². The van der Waals surface area contributed by atoms with Gasteiger partial charge in [0, 0.05) is 12.8 Å². The Kier molecular flexibility index (Phi) is 33.3. The van der Waals surface area contributed by atoms with Crippen LogP contribution in [0, 0.1) is 0 Å². The molecule has 7 N–H and O–H groups in total. The number of rotatable bonds is 37. The van der Waals surface area contributed by atoms with E-state index in [0.717, 1.165) is 77.0 Å². The van der Waals surface area contributed by atoms with E-state index >= 15 is 0 Å². The first kappa shape index (κ1) is 57.9. The first-order chi connectivity index (χ1) is 31.0. The minimum absolute atomic E-state index is 0.144. The van der Waals surface area contributed by atoms with Crippen LogP contribution in [0.15, 0.2) is 30.0 Å². The third kappa shape index (κ3) is 25.0. The molecular formula is C49H86O15. The second-order valence-corrected chi connectivity index (χ2v) is 17.4. The van der Waals surface area contributed by atoms with Crippen molar-refractivity contribution in [2.75, 3.05) is 26.4 Å². The van der Waals surface area contributed by atoms with E-state index in [9.17, 15) is 45.3 Å². The molecule has 2 aliphatic heterocycles. The van der Waals surface area contributed by atoms with Crippen molar-refractivity contribution in [3.05, 3.63) is 30.0 Å². The number of esters is 2. The normalized spacial score (nSPS) is 26.4. The van der Waals surface area contributed by atoms with Gasteiger partial charge in [0.25, 0.3) is 0 Å². The average Bonchev–Trinajstić information content (AvgIpc) is 3.29. The number of carbonyl (C=O) groups is 2. The van der Waals surface area contributed by atoms with E-state index in [0.29, 0.717) is 12.8 Å². The standard InChI is InChI=1S/C49H86O15/c1-3-5-7-9-11-13-15-17-18-20-22-24-26-28-30-32-41(52)62-37(34-59-40(51)31-29-27-25-23-21-19-16-14-12-10-8-6-4-2)35-60-48-47(58)45(56)43(54)39(64-48)36-61-49-46(57)44(55)42(53)38(33-50)63-49/h14-16,18,37-39,42-50,53-58H,3-13,19-36H2,1-2H3/b16-14+/t17?,37-,38-,39-,42+,43+,44?,45?,46?,47?,48-,49-/m1/s1. The van der Waals surface area contributed by atoms with Gasteiger partial charge < -0.3 is 64.2 Å². The van der Waals surface area contributed by atoms with Gasteiger partial charge in [0.15, 0.2) is 18.7 Å². The average molecular weight is 915 g/mol. The highest BCUT2D eigenvalue weighted by molar-refractivity contribution is 5.70. The molecule has 15 heteroatoms. The maximum atomic E-state index is 13.0. The van der Waals surface area contributed by atoms with Crippen LogP contribution >= 0.6 is 0 Å². The first-order valence-corrected chi connectivity index (χ1v) is 24.7. The van der Waals surface area contributed by atoms with Gasteiger partial charge in [-0.2, -0.15) is 0 Å². The van der Waals surface area contributed by atoms with Crippen LogP contribution in [-0.2, 0) is 38.0 Å². The van der Waals surface area contributed by atoms with E-state index in [1.807, 2.05) is 0 Å². The summed E-state index contributed by atoms with van der Waals surface area (Å²) in [5.41, 5.74) is 3.28. The molecule has 15 nitrogen and oxygen atoms in total. The van der Waals surface area contributed by atoms with Crippen LogP contribution in [-0.4, -0.2) is 142 Å². The summed E-state index contributed by atoms with van der Waals surface area (Å²) in [5.74, 6) is -0.956. The van der Waals surface area contributed by atoms with E-state index in [1.54, 1.807) is 0 Å². The van der Waals surface area contributed by atoms with Gasteiger partial charge in [0.05, 0.1) is 19.8 Å². The summed E-state index contributed by atoms with van der Waals surface area (Å²) in [5, 5.41) is 72.0. The molecule has 0 radical (unpaired) electrons. The van der Waals surface area contributed by atoms with E-state index in [1.165, 1.54) is 57.8 Å². The Hall–Kier alpha value is -2.24. The predicted molar refractivity (Wildman–Crippen MR) is 242 cm³/mol. The molecule has 0 spiro atoms. The van der Waals surface area contributed by atoms with E-state index in [2.05, 4.69) is 43.9 Å². The van der Waals surface area contributed by atoms with Crippen LogP contribution in [0.3, 0.4) is 0 Å². The van der Waals surface area contributed by atoms with Gasteiger partial charge in [0.1, 0.15) is 55.4 Å². The molecule has 0 aromatic rings. The zero-order chi connectivity index (χ0) is 46.8. The fraction of sp³-hybridized carbons (Fsp3) is 0.857. The largest absolute Gasteiger partial charge is 0.462 e. The number of aliphatic hydroxyl groups excluding tert-OH is 7. The summed E-state index contributed by atoms with van der Waals surface area (Å²) in [6.45, 7) is 2.52. The monoisotopic (exact) mass is 915 g/mol. The van der Waals surface area contributed by atoms with Crippen LogP contribution < -0.4 is 0 Å². The van der Waals surface area contributed by atoms with E-state index < -0.39 is 99.3 Å². The highest BCUT2D eigenvalue weighted by Crippen LogP contribution is 2.26. The van der Waals surface area contributed by atoms with Crippen LogP contribution in [0.25, 0.3) is 0 Å². The molecule has 0 aromatic heterocycles. The van der Waals surface area contributed by atoms with Gasteiger partial charge in [-0.05, 0) is 76.4 Å². The topological polar surface area (TPSA) is 231 Å². The zero-order valence-corrected chi connectivity index (χ0v) is 39.1. The molecule has 64 heavy (non-hydrogen) atoms. The minimum atomic E-state index is -1.77. The van der Waals surface area contributed by atoms with Crippen molar-refractivity contribution in [3.8, 4) is 0 Å². The molecule has 2 aliphatic rings. The smallest absolute Gasteiger partial charge is 0.306 e. The summed E-state index contributed by atoms with van der Waals surface area (Å²) < 4.78 is 33.5. The number of carbonyl (C=O) groups excluding carboxylic acids is 2. The quantitative estimate of drug-likeness (QED) is 0.0161. The first-order valence-electron chi connectivity index (χ1n) is 24.7. The van der Waals surface area contributed by atoms with Gasteiger partial charge in [-0.3, -0.25) is 9.59 Å². The zero-order valence-electron chi connectivity index (χ0n) is 39.1. The summed E-state index contributed by atoms with van der Waals surface area (Å²) in [6.07, 6.45) is 17.0.